The lowest BCUT2D eigenvalue weighted by Crippen LogP contribution is -2.31. The Morgan fingerprint density at radius 1 is 1.08 bits per heavy atom. The average Bonchev–Trinajstić information content (AvgIpc) is 3.20. The minimum absolute atomic E-state index is 0.149. The maximum atomic E-state index is 13.1. The van der Waals surface area contributed by atoms with Gasteiger partial charge in [-0.1, -0.05) is 84.0 Å². The zero-order valence-corrected chi connectivity index (χ0v) is 21.8. The minimum atomic E-state index is -4.80. The molecule has 0 unspecified atom stereocenters. The molecule has 3 atom stereocenters. The number of aliphatic hydroxyl groups is 1. The molecule has 0 bridgehead atoms. The number of hydrogen-bond acceptors (Lipinski definition) is 7. The number of nitrogens with two attached hydrogens (primary N) is 1. The van der Waals surface area contributed by atoms with Crippen molar-refractivity contribution in [2.45, 2.75) is 128 Å². The quantitative estimate of drug-likeness (QED) is 0.200. The van der Waals surface area contributed by atoms with Gasteiger partial charge >= 0.3 is 17.8 Å². The van der Waals surface area contributed by atoms with Crippen molar-refractivity contribution in [1.29, 1.82) is 0 Å². The van der Waals surface area contributed by atoms with Crippen molar-refractivity contribution in [3.63, 3.8) is 0 Å². The summed E-state index contributed by atoms with van der Waals surface area (Å²) in [6.07, 6.45) is 8.18. The van der Waals surface area contributed by atoms with Gasteiger partial charge < -0.3 is 20.3 Å². The third-order valence-corrected chi connectivity index (χ3v) is 6.69. The van der Waals surface area contributed by atoms with E-state index in [9.17, 15) is 27.9 Å². The first-order valence-electron chi connectivity index (χ1n) is 13.6. The smallest absolute Gasteiger partial charge is 0.421 e. The zero-order valence-electron chi connectivity index (χ0n) is 21.8. The Balaban J connectivity index is 1.60. The van der Waals surface area contributed by atoms with Gasteiger partial charge in [-0.3, -0.25) is 9.36 Å². The molecule has 0 aromatic carbocycles. The highest BCUT2D eigenvalue weighted by Crippen LogP contribution is 2.34. The van der Waals surface area contributed by atoms with Crippen molar-refractivity contribution in [1.82, 2.24) is 9.55 Å². The van der Waals surface area contributed by atoms with Crippen LogP contribution in [0, 0.1) is 0 Å². The first-order chi connectivity index (χ1) is 17.6. The van der Waals surface area contributed by atoms with Gasteiger partial charge in [0.1, 0.15) is 30.3 Å². The molecule has 0 aliphatic carbocycles. The summed E-state index contributed by atoms with van der Waals surface area (Å²) in [6.45, 7) is 1.98. The molecule has 3 N–H and O–H groups in total. The Kier molecular flexibility index (Phi) is 13.4. The maximum Gasteiger partial charge on any atom is 0.421 e. The maximum absolute atomic E-state index is 13.1. The second-order valence-electron chi connectivity index (χ2n) is 9.84. The summed E-state index contributed by atoms with van der Waals surface area (Å²) >= 11 is 0. The van der Waals surface area contributed by atoms with E-state index < -0.39 is 47.7 Å². The van der Waals surface area contributed by atoms with Crippen LogP contribution in [0.2, 0.25) is 0 Å². The number of carbonyl (C=O) groups excluding carboxylic acids is 1. The molecule has 1 fully saturated rings. The average molecular weight is 534 g/mol. The number of esters is 1. The van der Waals surface area contributed by atoms with Gasteiger partial charge in [-0.15, -0.1) is 0 Å². The fraction of sp³-hybridized carbons (Fsp3) is 0.808. The molecular formula is C26H42F3N3O5. The van der Waals surface area contributed by atoms with E-state index in [0.717, 1.165) is 19.3 Å². The molecule has 1 aliphatic heterocycles. The minimum Gasteiger partial charge on any atom is -0.463 e. The largest absolute Gasteiger partial charge is 0.463 e. The monoisotopic (exact) mass is 533 g/mol. The van der Waals surface area contributed by atoms with Crippen LogP contribution in [-0.2, 0) is 20.4 Å². The van der Waals surface area contributed by atoms with Gasteiger partial charge in [-0.05, 0) is 6.42 Å². The molecule has 2 rings (SSSR count). The van der Waals surface area contributed by atoms with Gasteiger partial charge in [0.15, 0.2) is 0 Å². The van der Waals surface area contributed by atoms with E-state index in [0.29, 0.717) is 17.2 Å². The number of ether oxygens (including phenoxy) is 2. The van der Waals surface area contributed by atoms with E-state index >= 15 is 0 Å². The van der Waals surface area contributed by atoms with Crippen LogP contribution in [0.3, 0.4) is 0 Å². The van der Waals surface area contributed by atoms with Crippen LogP contribution in [0.25, 0.3) is 0 Å². The summed E-state index contributed by atoms with van der Waals surface area (Å²) in [7, 11) is 0. The lowest BCUT2D eigenvalue weighted by molar-refractivity contribution is -0.150. The van der Waals surface area contributed by atoms with E-state index in [2.05, 4.69) is 11.9 Å². The fourth-order valence-corrected chi connectivity index (χ4v) is 4.48. The topological polar surface area (TPSA) is 117 Å². The summed E-state index contributed by atoms with van der Waals surface area (Å²) in [5.41, 5.74) is 2.94. The molecule has 0 spiro atoms. The summed E-state index contributed by atoms with van der Waals surface area (Å²) in [6, 6.07) is 0. The molecule has 0 saturated carbocycles. The Hall–Kier alpha value is -2.14. The Bertz CT molecular complexity index is 878. The zero-order chi connectivity index (χ0) is 27.3. The van der Waals surface area contributed by atoms with E-state index in [4.69, 9.17) is 15.2 Å². The Labute approximate surface area is 216 Å². The van der Waals surface area contributed by atoms with Crippen LogP contribution < -0.4 is 11.4 Å². The molecule has 1 aromatic rings. The second-order valence-corrected chi connectivity index (χ2v) is 9.84. The Morgan fingerprint density at radius 2 is 1.62 bits per heavy atom. The first kappa shape index (κ1) is 31.1. The number of nitrogen functional groups attached to an aromatic ring is 1. The summed E-state index contributed by atoms with van der Waals surface area (Å²) < 4.78 is 50.7. The molecule has 0 radical (unpaired) electrons. The molecule has 37 heavy (non-hydrogen) atoms. The molecule has 8 nitrogen and oxygen atoms in total. The Morgan fingerprint density at radius 3 is 2.16 bits per heavy atom. The van der Waals surface area contributed by atoms with Crippen LogP contribution in [0.5, 0.6) is 0 Å². The normalized spacial score (nSPS) is 19.9. The summed E-state index contributed by atoms with van der Waals surface area (Å²) in [4.78, 5) is 27.3. The van der Waals surface area contributed by atoms with Crippen molar-refractivity contribution in [3.05, 3.63) is 22.2 Å². The highest BCUT2D eigenvalue weighted by atomic mass is 19.4. The molecule has 1 aromatic heterocycles. The predicted octanol–water partition coefficient (Wildman–Crippen LogP) is 5.52. The molecular weight excluding hydrogens is 491 g/mol. The molecule has 1 aliphatic rings. The van der Waals surface area contributed by atoms with Crippen molar-refractivity contribution in [2.24, 2.45) is 0 Å². The van der Waals surface area contributed by atoms with Crippen LogP contribution >= 0.6 is 0 Å². The van der Waals surface area contributed by atoms with Crippen molar-refractivity contribution < 1.29 is 32.5 Å². The SMILES string of the molecule is CCCCCCCCCCCCCCCC(=O)OC[C@H]1O[C@@H](n2cc(C(F)(F)F)c(N)nc2=O)C[C@@H]1O. The van der Waals surface area contributed by atoms with Crippen LogP contribution in [0.4, 0.5) is 19.0 Å². The lowest BCUT2D eigenvalue weighted by atomic mass is 10.0. The molecule has 212 valence electrons. The lowest BCUT2D eigenvalue weighted by Gasteiger charge is -2.18. The summed E-state index contributed by atoms with van der Waals surface area (Å²) in [5.74, 6) is -1.35. The molecule has 2 heterocycles. The van der Waals surface area contributed by atoms with Crippen LogP contribution in [0.1, 0.15) is 115 Å². The number of aliphatic hydroxyl groups excluding tert-OH is 1. The number of rotatable bonds is 17. The number of halogens is 3. The third-order valence-electron chi connectivity index (χ3n) is 6.69. The summed E-state index contributed by atoms with van der Waals surface area (Å²) in [5, 5.41) is 10.2. The van der Waals surface area contributed by atoms with Gasteiger partial charge in [0, 0.05) is 19.0 Å². The number of carbonyl (C=O) groups is 1. The first-order valence-corrected chi connectivity index (χ1v) is 13.6. The van der Waals surface area contributed by atoms with Gasteiger partial charge in [-0.25, -0.2) is 4.79 Å². The highest BCUT2D eigenvalue weighted by Gasteiger charge is 2.39. The van der Waals surface area contributed by atoms with Crippen molar-refractivity contribution in [2.75, 3.05) is 12.3 Å². The molecule has 11 heteroatoms. The van der Waals surface area contributed by atoms with E-state index in [1.54, 1.807) is 0 Å². The van der Waals surface area contributed by atoms with Crippen LogP contribution in [0.15, 0.2) is 11.0 Å². The number of alkyl halides is 3. The van der Waals surface area contributed by atoms with E-state index in [1.165, 1.54) is 57.8 Å². The van der Waals surface area contributed by atoms with Crippen molar-refractivity contribution >= 4 is 11.8 Å². The molecule has 1 saturated heterocycles. The standard InChI is InChI=1S/C26H42F3N3O5/c1-2-3-4-5-6-7-8-9-10-11-12-13-14-15-23(34)36-18-21-20(33)16-22(37-21)32-17-19(26(27,28)29)24(30)31-25(32)35/h17,20-22,33H,2-16,18H2,1H3,(H2,30,31,35)/t20-,21+,22+/m0/s1. The highest BCUT2D eigenvalue weighted by molar-refractivity contribution is 5.69. The number of unbranched alkanes of at least 4 members (excludes halogenated alkanes) is 12. The fourth-order valence-electron chi connectivity index (χ4n) is 4.48. The van der Waals surface area contributed by atoms with Crippen molar-refractivity contribution in [3.8, 4) is 0 Å². The molecule has 0 amide bonds. The van der Waals surface area contributed by atoms with Gasteiger partial charge in [-0.2, -0.15) is 18.2 Å². The van der Waals surface area contributed by atoms with Crippen LogP contribution in [-0.4, -0.2) is 39.4 Å². The van der Waals surface area contributed by atoms with E-state index in [1.807, 2.05) is 0 Å². The van der Waals surface area contributed by atoms with Gasteiger partial charge in [0.2, 0.25) is 0 Å². The number of aromatic nitrogens is 2. The van der Waals surface area contributed by atoms with E-state index in [-0.39, 0.29) is 19.4 Å². The van der Waals surface area contributed by atoms with Gasteiger partial charge in [0.25, 0.3) is 0 Å². The second kappa shape index (κ2) is 16.0. The van der Waals surface area contributed by atoms with Gasteiger partial charge in [0.05, 0.1) is 6.10 Å². The number of nitrogens with zero attached hydrogens (tertiary/aromatic N) is 2. The third kappa shape index (κ3) is 11.0. The number of hydrogen-bond donors (Lipinski definition) is 2. The number of anilines is 1. The predicted molar refractivity (Wildman–Crippen MR) is 134 cm³/mol.